The van der Waals surface area contributed by atoms with Gasteiger partial charge in [0.05, 0.1) is 0 Å². The van der Waals surface area contributed by atoms with Crippen LogP contribution in [0.15, 0.2) is 4.99 Å². The van der Waals surface area contributed by atoms with Gasteiger partial charge in [-0.05, 0) is 19.8 Å². The maximum Gasteiger partial charge on any atom is 0.106 e. The molecule has 118 valence electrons. The van der Waals surface area contributed by atoms with Crippen molar-refractivity contribution in [1.82, 2.24) is 4.90 Å². The molecule has 0 aromatic heterocycles. The Kier molecular flexibility index (Phi) is 9.94. The smallest absolute Gasteiger partial charge is 0.106 e. The molecule has 0 fully saturated rings. The number of hydrogen-bond acceptors (Lipinski definition) is 3. The topological polar surface area (TPSA) is 35.8 Å². The van der Waals surface area contributed by atoms with Crippen LogP contribution in [0.2, 0.25) is 0 Å². The molecular weight excluding hydrogens is 248 g/mol. The average Bonchev–Trinajstić information content (AvgIpc) is 2.89. The van der Waals surface area contributed by atoms with Crippen molar-refractivity contribution in [2.75, 3.05) is 6.54 Å². The average molecular weight is 282 g/mol. The van der Waals surface area contributed by atoms with Crippen LogP contribution in [-0.2, 0) is 0 Å². The fourth-order valence-electron chi connectivity index (χ4n) is 2.93. The Bertz CT molecular complexity index is 253. The minimum absolute atomic E-state index is 0.226. The first-order valence-corrected chi connectivity index (χ1v) is 8.71. The van der Waals surface area contributed by atoms with E-state index < -0.39 is 0 Å². The highest BCUT2D eigenvalue weighted by atomic mass is 16.3. The summed E-state index contributed by atoms with van der Waals surface area (Å²) in [4.78, 5) is 6.52. The molecule has 0 saturated carbocycles. The summed E-state index contributed by atoms with van der Waals surface area (Å²) in [6.07, 6.45) is 16.6. The summed E-state index contributed by atoms with van der Waals surface area (Å²) in [6.45, 7) is 4.91. The Hall–Kier alpha value is -0.410. The zero-order chi connectivity index (χ0) is 14.6. The van der Waals surface area contributed by atoms with Gasteiger partial charge in [-0.2, -0.15) is 0 Å². The molecule has 0 amide bonds. The molecule has 0 bridgehead atoms. The second-order valence-electron chi connectivity index (χ2n) is 6.11. The van der Waals surface area contributed by atoms with E-state index in [9.17, 15) is 5.11 Å². The molecule has 3 heteroatoms. The van der Waals surface area contributed by atoms with E-state index in [0.29, 0.717) is 0 Å². The maximum atomic E-state index is 9.63. The van der Waals surface area contributed by atoms with Gasteiger partial charge in [-0.3, -0.25) is 9.89 Å². The molecule has 1 heterocycles. The molecule has 0 saturated heterocycles. The number of aliphatic hydroxyl groups is 1. The van der Waals surface area contributed by atoms with Gasteiger partial charge < -0.3 is 5.11 Å². The minimum atomic E-state index is -0.370. The van der Waals surface area contributed by atoms with Crippen LogP contribution in [-0.4, -0.2) is 35.2 Å². The van der Waals surface area contributed by atoms with Crippen LogP contribution in [0.3, 0.4) is 0 Å². The summed E-state index contributed by atoms with van der Waals surface area (Å²) in [6, 6.07) is 0. The standard InChI is InChI=1S/C17H34N2O/c1-3-4-5-6-7-8-9-10-11-12-13-17-18-14-15-19(17)16(2)20/h14,16-17,20H,3-13,15H2,1-2H3. The first kappa shape index (κ1) is 17.6. The molecular formula is C17H34N2O. The van der Waals surface area contributed by atoms with Crippen LogP contribution >= 0.6 is 0 Å². The van der Waals surface area contributed by atoms with Crippen molar-refractivity contribution in [3.63, 3.8) is 0 Å². The lowest BCUT2D eigenvalue weighted by atomic mass is 10.1. The number of hydrogen-bond donors (Lipinski definition) is 1. The third-order valence-corrected chi connectivity index (χ3v) is 4.25. The summed E-state index contributed by atoms with van der Waals surface area (Å²) >= 11 is 0. The van der Waals surface area contributed by atoms with E-state index in [-0.39, 0.29) is 12.4 Å². The third-order valence-electron chi connectivity index (χ3n) is 4.25. The Balaban J connectivity index is 1.88. The monoisotopic (exact) mass is 282 g/mol. The molecule has 1 aliphatic heterocycles. The van der Waals surface area contributed by atoms with Crippen molar-refractivity contribution in [3.8, 4) is 0 Å². The van der Waals surface area contributed by atoms with Gasteiger partial charge in [0, 0.05) is 12.8 Å². The van der Waals surface area contributed by atoms with Gasteiger partial charge in [-0.1, -0.05) is 64.7 Å². The van der Waals surface area contributed by atoms with E-state index in [1.807, 2.05) is 13.1 Å². The molecule has 1 aliphatic rings. The van der Waals surface area contributed by atoms with Crippen molar-refractivity contribution in [1.29, 1.82) is 0 Å². The predicted octanol–water partition coefficient (Wildman–Crippen LogP) is 4.35. The van der Waals surface area contributed by atoms with Gasteiger partial charge in [0.2, 0.25) is 0 Å². The van der Waals surface area contributed by atoms with Gasteiger partial charge in [0.1, 0.15) is 12.4 Å². The lowest BCUT2D eigenvalue weighted by Gasteiger charge is -2.25. The SMILES string of the molecule is CCCCCCCCCCCCC1N=CCN1C(C)O. The Morgan fingerprint density at radius 3 is 2.15 bits per heavy atom. The third kappa shape index (κ3) is 7.39. The quantitative estimate of drug-likeness (QED) is 0.540. The summed E-state index contributed by atoms with van der Waals surface area (Å²) in [5.41, 5.74) is 0. The van der Waals surface area contributed by atoms with E-state index in [4.69, 9.17) is 0 Å². The maximum absolute atomic E-state index is 9.63. The molecule has 0 aliphatic carbocycles. The number of rotatable bonds is 12. The van der Waals surface area contributed by atoms with Crippen molar-refractivity contribution in [2.24, 2.45) is 4.99 Å². The summed E-state index contributed by atoms with van der Waals surface area (Å²) < 4.78 is 0. The van der Waals surface area contributed by atoms with Gasteiger partial charge in [-0.25, -0.2) is 0 Å². The molecule has 0 aromatic rings. The molecule has 2 atom stereocenters. The van der Waals surface area contributed by atoms with Gasteiger partial charge in [0.15, 0.2) is 0 Å². The molecule has 3 nitrogen and oxygen atoms in total. The minimum Gasteiger partial charge on any atom is -0.379 e. The van der Waals surface area contributed by atoms with Crippen molar-refractivity contribution in [2.45, 2.75) is 96.9 Å². The van der Waals surface area contributed by atoms with Crippen molar-refractivity contribution < 1.29 is 5.11 Å². The van der Waals surface area contributed by atoms with Crippen LogP contribution in [0.1, 0.15) is 84.5 Å². The van der Waals surface area contributed by atoms with Gasteiger partial charge in [0.25, 0.3) is 0 Å². The van der Waals surface area contributed by atoms with Gasteiger partial charge >= 0.3 is 0 Å². The second-order valence-corrected chi connectivity index (χ2v) is 6.11. The number of nitrogens with zero attached hydrogens (tertiary/aromatic N) is 2. The van der Waals surface area contributed by atoms with E-state index in [2.05, 4.69) is 16.8 Å². The van der Waals surface area contributed by atoms with Crippen LogP contribution < -0.4 is 0 Å². The van der Waals surface area contributed by atoms with E-state index in [1.54, 1.807) is 0 Å². The van der Waals surface area contributed by atoms with Crippen LogP contribution in [0.25, 0.3) is 0 Å². The predicted molar refractivity (Wildman–Crippen MR) is 87.1 cm³/mol. The number of unbranched alkanes of at least 4 members (excludes halogenated alkanes) is 9. The summed E-state index contributed by atoms with van der Waals surface area (Å²) in [7, 11) is 0. The highest BCUT2D eigenvalue weighted by Crippen LogP contribution is 2.17. The largest absolute Gasteiger partial charge is 0.379 e. The highest BCUT2D eigenvalue weighted by Gasteiger charge is 2.23. The second kappa shape index (κ2) is 11.3. The molecule has 2 unspecified atom stereocenters. The normalized spacial score (nSPS) is 20.6. The first-order chi connectivity index (χ1) is 9.75. The summed E-state index contributed by atoms with van der Waals surface area (Å²) in [5.74, 6) is 0. The fraction of sp³-hybridized carbons (Fsp3) is 0.941. The Morgan fingerprint density at radius 1 is 1.05 bits per heavy atom. The molecule has 0 spiro atoms. The summed E-state index contributed by atoms with van der Waals surface area (Å²) in [5, 5.41) is 9.63. The molecule has 0 aromatic carbocycles. The molecule has 1 rings (SSSR count). The van der Waals surface area contributed by atoms with Crippen molar-refractivity contribution >= 4 is 6.21 Å². The fourth-order valence-corrected chi connectivity index (χ4v) is 2.93. The van der Waals surface area contributed by atoms with Gasteiger partial charge in [-0.15, -0.1) is 0 Å². The van der Waals surface area contributed by atoms with Crippen molar-refractivity contribution in [3.05, 3.63) is 0 Å². The molecule has 20 heavy (non-hydrogen) atoms. The lowest BCUT2D eigenvalue weighted by Crippen LogP contribution is -2.37. The lowest BCUT2D eigenvalue weighted by molar-refractivity contribution is 0.00710. The Morgan fingerprint density at radius 2 is 1.60 bits per heavy atom. The first-order valence-electron chi connectivity index (χ1n) is 8.71. The van der Waals surface area contributed by atoms with E-state index in [1.165, 1.54) is 64.2 Å². The van der Waals surface area contributed by atoms with Crippen LogP contribution in [0.4, 0.5) is 0 Å². The van der Waals surface area contributed by atoms with E-state index in [0.717, 1.165) is 13.0 Å². The Labute approximate surface area is 125 Å². The highest BCUT2D eigenvalue weighted by molar-refractivity contribution is 5.62. The van der Waals surface area contributed by atoms with E-state index >= 15 is 0 Å². The molecule has 1 N–H and O–H groups in total. The number of aliphatic imine (C=N–C) groups is 1. The zero-order valence-electron chi connectivity index (χ0n) is 13.6. The van der Waals surface area contributed by atoms with Crippen LogP contribution in [0, 0.1) is 0 Å². The van der Waals surface area contributed by atoms with Crippen LogP contribution in [0.5, 0.6) is 0 Å². The zero-order valence-corrected chi connectivity index (χ0v) is 13.6. The molecule has 0 radical (unpaired) electrons. The number of aliphatic hydroxyl groups excluding tert-OH is 1.